The highest BCUT2D eigenvalue weighted by atomic mass is 32.2. The third-order valence-electron chi connectivity index (χ3n) is 6.66. The van der Waals surface area contributed by atoms with E-state index in [-0.39, 0.29) is 18.2 Å². The lowest BCUT2D eigenvalue weighted by molar-refractivity contribution is 0.215. The van der Waals surface area contributed by atoms with Crippen molar-refractivity contribution in [3.63, 3.8) is 0 Å². The van der Waals surface area contributed by atoms with E-state index < -0.39 is 0 Å². The molecule has 0 N–H and O–H groups in total. The Balaban J connectivity index is 1.50. The van der Waals surface area contributed by atoms with Crippen molar-refractivity contribution in [2.75, 3.05) is 5.75 Å². The molecular weight excluding hydrogens is 399 g/mol. The summed E-state index contributed by atoms with van der Waals surface area (Å²) in [5, 5.41) is 18.5. The van der Waals surface area contributed by atoms with Gasteiger partial charge in [0.05, 0.1) is 6.07 Å². The summed E-state index contributed by atoms with van der Waals surface area (Å²) in [6.45, 7) is 2.48. The molecule has 160 valence electrons. The van der Waals surface area contributed by atoms with E-state index in [1.807, 2.05) is 0 Å². The predicted molar refractivity (Wildman–Crippen MR) is 115 cm³/mol. The first-order valence-electron chi connectivity index (χ1n) is 11.0. The highest BCUT2D eigenvalue weighted by Gasteiger charge is 2.43. The van der Waals surface area contributed by atoms with Gasteiger partial charge in [0.2, 0.25) is 0 Å². The van der Waals surface area contributed by atoms with Crippen LogP contribution in [0.5, 0.6) is 5.75 Å². The number of rotatable bonds is 10. The first-order valence-corrected chi connectivity index (χ1v) is 12.0. The minimum atomic E-state index is -0.364. The van der Waals surface area contributed by atoms with Crippen LogP contribution in [-0.2, 0) is 6.61 Å². The van der Waals surface area contributed by atoms with Crippen molar-refractivity contribution < 1.29 is 9.13 Å². The molecule has 5 nitrogen and oxygen atoms in total. The highest BCUT2D eigenvalue weighted by molar-refractivity contribution is 7.99. The van der Waals surface area contributed by atoms with E-state index in [1.165, 1.54) is 31.7 Å². The van der Waals surface area contributed by atoms with Gasteiger partial charge >= 0.3 is 0 Å². The first-order chi connectivity index (χ1) is 14.7. The van der Waals surface area contributed by atoms with Crippen molar-refractivity contribution in [2.24, 2.45) is 17.8 Å². The number of aromatic nitrogens is 3. The second-order valence-electron chi connectivity index (χ2n) is 8.53. The number of fused-ring (bicyclic) bond motifs is 2. The molecule has 2 bridgehead atoms. The number of hydrogen-bond donors (Lipinski definition) is 0. The lowest BCUT2D eigenvalue weighted by Crippen LogP contribution is -2.24. The zero-order valence-corrected chi connectivity index (χ0v) is 18.3. The molecule has 0 saturated heterocycles. The molecule has 0 spiro atoms. The molecule has 2 saturated carbocycles. The van der Waals surface area contributed by atoms with Crippen LogP contribution < -0.4 is 4.74 Å². The topological polar surface area (TPSA) is 63.7 Å². The first kappa shape index (κ1) is 21.2. The SMILES string of the molecule is C[C@@H]([C@@H]1C[C@H]2CC[C@H]1C2)n1c(COc2ccccc2F)nnc1SCCCCC#N. The van der Waals surface area contributed by atoms with E-state index in [0.29, 0.717) is 18.4 Å². The van der Waals surface area contributed by atoms with Crippen LogP contribution in [0.2, 0.25) is 0 Å². The Bertz CT molecular complexity index is 896. The molecule has 1 aromatic carbocycles. The number of nitriles is 1. The summed E-state index contributed by atoms with van der Waals surface area (Å²) in [5.41, 5.74) is 0. The van der Waals surface area contributed by atoms with Gasteiger partial charge in [0, 0.05) is 18.2 Å². The molecule has 4 atom stereocenters. The van der Waals surface area contributed by atoms with Crippen molar-refractivity contribution >= 4 is 11.8 Å². The lowest BCUT2D eigenvalue weighted by Gasteiger charge is -2.30. The number of nitrogens with zero attached hydrogens (tertiary/aromatic N) is 4. The molecular formula is C23H29FN4OS. The van der Waals surface area contributed by atoms with Gasteiger partial charge in [0.25, 0.3) is 0 Å². The van der Waals surface area contributed by atoms with Crippen LogP contribution in [0, 0.1) is 34.9 Å². The maximum atomic E-state index is 14.0. The standard InChI is InChI=1S/C23H29FN4OS/c1-16(19-14-17-9-10-18(19)13-17)28-22(15-29-21-8-4-3-7-20(21)24)26-27-23(28)30-12-6-2-5-11-25/h3-4,7-8,16-19H,2,5-6,9-10,12-15H2,1H3/t16-,17-,18-,19-/m0/s1. The van der Waals surface area contributed by atoms with E-state index in [4.69, 9.17) is 10.00 Å². The van der Waals surface area contributed by atoms with E-state index in [9.17, 15) is 4.39 Å². The van der Waals surface area contributed by atoms with Crippen LogP contribution in [-0.4, -0.2) is 20.5 Å². The van der Waals surface area contributed by atoms with Crippen molar-refractivity contribution in [3.8, 4) is 11.8 Å². The number of hydrogen-bond acceptors (Lipinski definition) is 5. The molecule has 1 aromatic heterocycles. The number of ether oxygens (including phenoxy) is 1. The van der Waals surface area contributed by atoms with E-state index in [0.717, 1.165) is 41.4 Å². The van der Waals surface area contributed by atoms with E-state index >= 15 is 0 Å². The van der Waals surface area contributed by atoms with Gasteiger partial charge in [-0.25, -0.2) is 4.39 Å². The van der Waals surface area contributed by atoms with Crippen molar-refractivity contribution in [1.29, 1.82) is 5.26 Å². The Kier molecular flexibility index (Phi) is 6.93. The summed E-state index contributed by atoms with van der Waals surface area (Å²) in [4.78, 5) is 0. The van der Waals surface area contributed by atoms with Crippen LogP contribution in [0.3, 0.4) is 0 Å². The number of benzene rings is 1. The van der Waals surface area contributed by atoms with Crippen molar-refractivity contribution in [1.82, 2.24) is 14.8 Å². The van der Waals surface area contributed by atoms with Gasteiger partial charge in [0.1, 0.15) is 6.61 Å². The zero-order valence-electron chi connectivity index (χ0n) is 17.5. The van der Waals surface area contributed by atoms with Crippen LogP contribution in [0.1, 0.15) is 63.7 Å². The van der Waals surface area contributed by atoms with E-state index in [2.05, 4.69) is 27.8 Å². The number of unbranched alkanes of at least 4 members (excludes halogenated alkanes) is 2. The van der Waals surface area contributed by atoms with Crippen LogP contribution in [0.4, 0.5) is 4.39 Å². The quantitative estimate of drug-likeness (QED) is 0.354. The van der Waals surface area contributed by atoms with Gasteiger partial charge < -0.3 is 4.74 Å². The third-order valence-corrected chi connectivity index (χ3v) is 7.69. The fourth-order valence-electron chi connectivity index (χ4n) is 5.16. The van der Waals surface area contributed by atoms with Gasteiger partial charge in [-0.15, -0.1) is 10.2 Å². The zero-order chi connectivity index (χ0) is 20.9. The molecule has 2 aliphatic carbocycles. The van der Waals surface area contributed by atoms with Gasteiger partial charge in [-0.1, -0.05) is 30.3 Å². The second kappa shape index (κ2) is 9.82. The van der Waals surface area contributed by atoms with Gasteiger partial charge in [-0.3, -0.25) is 4.57 Å². The largest absolute Gasteiger partial charge is 0.483 e. The molecule has 0 aliphatic heterocycles. The molecule has 4 rings (SSSR count). The molecule has 0 radical (unpaired) electrons. The van der Waals surface area contributed by atoms with Gasteiger partial charge in [-0.2, -0.15) is 5.26 Å². The summed E-state index contributed by atoms with van der Waals surface area (Å²) in [7, 11) is 0. The van der Waals surface area contributed by atoms with Crippen molar-refractivity contribution in [3.05, 3.63) is 35.9 Å². The monoisotopic (exact) mass is 428 g/mol. The second-order valence-corrected chi connectivity index (χ2v) is 9.59. The number of halogens is 1. The Hall–Kier alpha value is -2.07. The van der Waals surface area contributed by atoms with Crippen LogP contribution in [0.15, 0.2) is 29.4 Å². The van der Waals surface area contributed by atoms with E-state index in [1.54, 1.807) is 30.0 Å². The smallest absolute Gasteiger partial charge is 0.191 e. The van der Waals surface area contributed by atoms with Crippen LogP contribution >= 0.6 is 11.8 Å². The maximum Gasteiger partial charge on any atom is 0.191 e. The molecule has 0 unspecified atom stereocenters. The average Bonchev–Trinajstić information content (AvgIpc) is 3.48. The Labute approximate surface area is 182 Å². The molecule has 30 heavy (non-hydrogen) atoms. The average molecular weight is 429 g/mol. The number of thioether (sulfide) groups is 1. The summed E-state index contributed by atoms with van der Waals surface area (Å²) in [5.74, 6) is 3.86. The van der Waals surface area contributed by atoms with Crippen molar-refractivity contribution in [2.45, 2.75) is 69.7 Å². The normalized spacial score (nSPS) is 23.4. The summed E-state index contributed by atoms with van der Waals surface area (Å²) in [6.07, 6.45) is 7.83. The maximum absolute atomic E-state index is 14.0. The summed E-state index contributed by atoms with van der Waals surface area (Å²) >= 11 is 1.70. The molecule has 1 heterocycles. The molecule has 7 heteroatoms. The van der Waals surface area contributed by atoms with Gasteiger partial charge in [-0.05, 0) is 68.9 Å². The lowest BCUT2D eigenvalue weighted by atomic mass is 9.84. The molecule has 0 amide bonds. The summed E-state index contributed by atoms with van der Waals surface area (Å²) in [6, 6.07) is 8.97. The predicted octanol–water partition coefficient (Wildman–Crippen LogP) is 5.78. The fraction of sp³-hybridized carbons (Fsp3) is 0.609. The fourth-order valence-corrected chi connectivity index (χ4v) is 6.20. The Morgan fingerprint density at radius 3 is 2.87 bits per heavy atom. The summed E-state index contributed by atoms with van der Waals surface area (Å²) < 4.78 is 22.0. The Morgan fingerprint density at radius 1 is 1.27 bits per heavy atom. The van der Waals surface area contributed by atoms with Crippen LogP contribution in [0.25, 0.3) is 0 Å². The highest BCUT2D eigenvalue weighted by Crippen LogP contribution is 2.52. The number of para-hydroxylation sites is 1. The molecule has 2 fully saturated rings. The molecule has 2 aromatic rings. The Morgan fingerprint density at radius 2 is 2.13 bits per heavy atom. The third kappa shape index (κ3) is 4.64. The van der Waals surface area contributed by atoms with Gasteiger partial charge in [0.15, 0.2) is 22.5 Å². The minimum Gasteiger partial charge on any atom is -0.483 e. The molecule has 2 aliphatic rings. The minimum absolute atomic E-state index is 0.202.